The van der Waals surface area contributed by atoms with Crippen molar-refractivity contribution in [1.82, 2.24) is 9.88 Å². The topological polar surface area (TPSA) is 69.0 Å². The van der Waals surface area contributed by atoms with E-state index >= 15 is 0 Å². The highest BCUT2D eigenvalue weighted by molar-refractivity contribution is 5.81. The summed E-state index contributed by atoms with van der Waals surface area (Å²) in [7, 11) is 0. The van der Waals surface area contributed by atoms with Crippen LogP contribution in [-0.4, -0.2) is 35.4 Å². The van der Waals surface area contributed by atoms with E-state index in [0.717, 1.165) is 25.9 Å². The Kier molecular flexibility index (Phi) is 3.55. The summed E-state index contributed by atoms with van der Waals surface area (Å²) in [6.07, 6.45) is 5.30. The van der Waals surface area contributed by atoms with Gasteiger partial charge in [-0.15, -0.1) is 0 Å². The predicted octanol–water partition coefficient (Wildman–Crippen LogP) is 0.988. The van der Waals surface area contributed by atoms with Gasteiger partial charge in [-0.05, 0) is 18.9 Å². The summed E-state index contributed by atoms with van der Waals surface area (Å²) < 4.78 is 0. The second-order valence-corrected chi connectivity index (χ2v) is 3.97. The van der Waals surface area contributed by atoms with Crippen LogP contribution in [0.1, 0.15) is 18.4 Å². The molecule has 1 amide bonds. The number of hydrogen-bond acceptors (Lipinski definition) is 4. The average Bonchev–Trinajstić information content (AvgIpc) is 2.90. The molecule has 2 heterocycles. The van der Waals surface area contributed by atoms with Crippen molar-refractivity contribution in [2.24, 2.45) is 0 Å². The summed E-state index contributed by atoms with van der Waals surface area (Å²) in [4.78, 5) is 17.6. The SMILES string of the molecule is N#Cc1ccncc1NCC(=O)N1CCCC1. The Morgan fingerprint density at radius 3 is 3.00 bits per heavy atom. The molecule has 0 atom stereocenters. The van der Waals surface area contributed by atoms with Gasteiger partial charge in [0.25, 0.3) is 0 Å². The zero-order valence-corrected chi connectivity index (χ0v) is 9.52. The molecule has 0 unspecified atom stereocenters. The van der Waals surface area contributed by atoms with E-state index in [2.05, 4.69) is 16.4 Å². The molecule has 1 aliphatic heterocycles. The maximum Gasteiger partial charge on any atom is 0.241 e. The summed E-state index contributed by atoms with van der Waals surface area (Å²) >= 11 is 0. The number of hydrogen-bond donors (Lipinski definition) is 1. The molecule has 5 nitrogen and oxygen atoms in total. The third-order valence-electron chi connectivity index (χ3n) is 2.83. The number of nitrogens with zero attached hydrogens (tertiary/aromatic N) is 3. The summed E-state index contributed by atoms with van der Waals surface area (Å²) in [6, 6.07) is 3.69. The molecular formula is C12H14N4O. The van der Waals surface area contributed by atoms with E-state index in [4.69, 9.17) is 5.26 Å². The van der Waals surface area contributed by atoms with E-state index in [1.54, 1.807) is 18.5 Å². The summed E-state index contributed by atoms with van der Waals surface area (Å²) in [5, 5.41) is 11.8. The molecular weight excluding hydrogens is 216 g/mol. The number of nitriles is 1. The van der Waals surface area contributed by atoms with E-state index < -0.39 is 0 Å². The van der Waals surface area contributed by atoms with Gasteiger partial charge < -0.3 is 10.2 Å². The van der Waals surface area contributed by atoms with Crippen molar-refractivity contribution in [2.75, 3.05) is 25.0 Å². The van der Waals surface area contributed by atoms with Crippen LogP contribution in [0, 0.1) is 11.3 Å². The monoisotopic (exact) mass is 230 g/mol. The maximum atomic E-state index is 11.8. The van der Waals surface area contributed by atoms with Crippen molar-refractivity contribution in [3.8, 4) is 6.07 Å². The summed E-state index contributed by atoms with van der Waals surface area (Å²) in [6.45, 7) is 1.91. The van der Waals surface area contributed by atoms with Gasteiger partial charge in [-0.1, -0.05) is 0 Å². The lowest BCUT2D eigenvalue weighted by Gasteiger charge is -2.16. The molecule has 0 bridgehead atoms. The van der Waals surface area contributed by atoms with Crippen LogP contribution in [0.25, 0.3) is 0 Å². The maximum absolute atomic E-state index is 11.8. The number of rotatable bonds is 3. The third-order valence-corrected chi connectivity index (χ3v) is 2.83. The number of anilines is 1. The summed E-state index contributed by atoms with van der Waals surface area (Å²) in [5.41, 5.74) is 1.12. The van der Waals surface area contributed by atoms with Gasteiger partial charge in [-0.3, -0.25) is 9.78 Å². The zero-order chi connectivity index (χ0) is 12.1. The smallest absolute Gasteiger partial charge is 0.241 e. The standard InChI is InChI=1S/C12H14N4O/c13-7-10-3-4-14-8-11(10)15-9-12(17)16-5-1-2-6-16/h3-4,8,15H,1-2,5-6,9H2. The first kappa shape index (κ1) is 11.4. The fraction of sp³-hybridized carbons (Fsp3) is 0.417. The van der Waals surface area contributed by atoms with Crippen molar-refractivity contribution < 1.29 is 4.79 Å². The fourth-order valence-electron chi connectivity index (χ4n) is 1.88. The minimum Gasteiger partial charge on any atom is -0.374 e. The van der Waals surface area contributed by atoms with Gasteiger partial charge in [-0.2, -0.15) is 5.26 Å². The molecule has 0 aliphatic carbocycles. The molecule has 0 spiro atoms. The average molecular weight is 230 g/mol. The molecule has 88 valence electrons. The quantitative estimate of drug-likeness (QED) is 0.840. The van der Waals surface area contributed by atoms with Gasteiger partial charge in [0, 0.05) is 19.3 Å². The molecule has 1 aromatic heterocycles. The molecule has 0 aromatic carbocycles. The number of likely N-dealkylation sites (tertiary alicyclic amines) is 1. The van der Waals surface area contributed by atoms with Gasteiger partial charge in [0.1, 0.15) is 6.07 Å². The largest absolute Gasteiger partial charge is 0.374 e. The van der Waals surface area contributed by atoms with Crippen molar-refractivity contribution in [1.29, 1.82) is 5.26 Å². The van der Waals surface area contributed by atoms with E-state index in [9.17, 15) is 4.79 Å². The number of nitrogens with one attached hydrogen (secondary N) is 1. The van der Waals surface area contributed by atoms with Gasteiger partial charge >= 0.3 is 0 Å². The molecule has 0 saturated carbocycles. The molecule has 2 rings (SSSR count). The lowest BCUT2D eigenvalue weighted by molar-refractivity contribution is -0.128. The van der Waals surface area contributed by atoms with E-state index in [0.29, 0.717) is 11.3 Å². The zero-order valence-electron chi connectivity index (χ0n) is 9.52. The van der Waals surface area contributed by atoms with Crippen LogP contribution in [0.15, 0.2) is 18.5 Å². The van der Waals surface area contributed by atoms with Gasteiger partial charge in [0.05, 0.1) is 24.0 Å². The van der Waals surface area contributed by atoms with Crippen molar-refractivity contribution in [3.05, 3.63) is 24.0 Å². The Hall–Kier alpha value is -2.09. The van der Waals surface area contributed by atoms with Gasteiger partial charge in [0.15, 0.2) is 0 Å². The minimum absolute atomic E-state index is 0.0789. The van der Waals surface area contributed by atoms with Crippen LogP contribution in [0.5, 0.6) is 0 Å². The minimum atomic E-state index is 0.0789. The molecule has 1 aromatic rings. The van der Waals surface area contributed by atoms with Crippen LogP contribution in [0.2, 0.25) is 0 Å². The van der Waals surface area contributed by atoms with Crippen molar-refractivity contribution in [3.63, 3.8) is 0 Å². The van der Waals surface area contributed by atoms with Crippen molar-refractivity contribution >= 4 is 11.6 Å². The van der Waals surface area contributed by atoms with E-state index in [1.807, 2.05) is 4.90 Å². The van der Waals surface area contributed by atoms with Crippen molar-refractivity contribution in [2.45, 2.75) is 12.8 Å². The number of carbonyl (C=O) groups is 1. The molecule has 1 N–H and O–H groups in total. The van der Waals surface area contributed by atoms with Gasteiger partial charge in [0.2, 0.25) is 5.91 Å². The van der Waals surface area contributed by atoms with E-state index in [1.165, 1.54) is 0 Å². The number of aromatic nitrogens is 1. The lowest BCUT2D eigenvalue weighted by atomic mass is 10.2. The van der Waals surface area contributed by atoms with Crippen LogP contribution >= 0.6 is 0 Å². The lowest BCUT2D eigenvalue weighted by Crippen LogP contribution is -2.33. The second kappa shape index (κ2) is 5.30. The highest BCUT2D eigenvalue weighted by Gasteiger charge is 2.17. The Morgan fingerprint density at radius 1 is 1.53 bits per heavy atom. The van der Waals surface area contributed by atoms with Gasteiger partial charge in [-0.25, -0.2) is 0 Å². The third kappa shape index (κ3) is 2.72. The first-order chi connectivity index (χ1) is 8.31. The van der Waals surface area contributed by atoms with E-state index in [-0.39, 0.29) is 12.5 Å². The highest BCUT2D eigenvalue weighted by atomic mass is 16.2. The molecule has 0 radical (unpaired) electrons. The molecule has 1 fully saturated rings. The Labute approximate surface area is 100 Å². The first-order valence-corrected chi connectivity index (χ1v) is 5.67. The van der Waals surface area contributed by atoms with Crippen LogP contribution in [-0.2, 0) is 4.79 Å². The second-order valence-electron chi connectivity index (χ2n) is 3.97. The predicted molar refractivity (Wildman–Crippen MR) is 63.3 cm³/mol. The molecule has 17 heavy (non-hydrogen) atoms. The Balaban J connectivity index is 1.93. The number of carbonyl (C=O) groups excluding carboxylic acids is 1. The Morgan fingerprint density at radius 2 is 2.29 bits per heavy atom. The van der Waals surface area contributed by atoms with Crippen LogP contribution < -0.4 is 5.32 Å². The normalized spacial score (nSPS) is 14.4. The number of amides is 1. The molecule has 1 saturated heterocycles. The highest BCUT2D eigenvalue weighted by Crippen LogP contribution is 2.12. The molecule has 5 heteroatoms. The fourth-order valence-corrected chi connectivity index (χ4v) is 1.88. The molecule has 1 aliphatic rings. The summed E-state index contributed by atoms with van der Waals surface area (Å²) in [5.74, 6) is 0.0789. The first-order valence-electron chi connectivity index (χ1n) is 5.67. The van der Waals surface area contributed by atoms with Crippen LogP contribution in [0.3, 0.4) is 0 Å². The Bertz CT molecular complexity index is 446. The van der Waals surface area contributed by atoms with Crippen LogP contribution in [0.4, 0.5) is 5.69 Å². The number of pyridine rings is 1.